The standard InChI is InChI=1S/C18H24N6O/c1-12(2)9-17(25)24-8-5-14(11-24)15-10-16(22-13(3)21-15)23-18-19-6-4-7-20-18/h4,6-7,10,12,14H,5,8-9,11H2,1-3H3,(H,19,20,21,22,23)/t14-/m0/s1. The molecule has 1 aliphatic rings. The van der Waals surface area contributed by atoms with Crippen molar-refractivity contribution >= 4 is 17.7 Å². The highest BCUT2D eigenvalue weighted by Crippen LogP contribution is 2.28. The van der Waals surface area contributed by atoms with E-state index in [1.807, 2.05) is 17.9 Å². The molecule has 0 bridgehead atoms. The van der Waals surface area contributed by atoms with Gasteiger partial charge in [0.2, 0.25) is 11.9 Å². The second kappa shape index (κ2) is 7.55. The van der Waals surface area contributed by atoms with Gasteiger partial charge in [0, 0.05) is 43.9 Å². The van der Waals surface area contributed by atoms with Crippen molar-refractivity contribution in [1.82, 2.24) is 24.8 Å². The summed E-state index contributed by atoms with van der Waals surface area (Å²) in [5.41, 5.74) is 0.964. The molecule has 0 radical (unpaired) electrons. The Morgan fingerprint density at radius 1 is 1.32 bits per heavy atom. The van der Waals surface area contributed by atoms with Crippen LogP contribution in [0.25, 0.3) is 0 Å². The summed E-state index contributed by atoms with van der Waals surface area (Å²) in [6.07, 6.45) is 4.90. The summed E-state index contributed by atoms with van der Waals surface area (Å²) in [6, 6.07) is 3.70. The zero-order valence-corrected chi connectivity index (χ0v) is 14.9. The van der Waals surface area contributed by atoms with E-state index in [1.165, 1.54) is 0 Å². The average Bonchev–Trinajstić information content (AvgIpc) is 3.05. The van der Waals surface area contributed by atoms with Crippen LogP contribution in [0.3, 0.4) is 0 Å². The normalized spacial score (nSPS) is 17.1. The van der Waals surface area contributed by atoms with E-state index in [1.54, 1.807) is 18.5 Å². The minimum atomic E-state index is 0.235. The van der Waals surface area contributed by atoms with Gasteiger partial charge in [0.15, 0.2) is 0 Å². The first-order valence-corrected chi connectivity index (χ1v) is 8.68. The molecule has 1 saturated heterocycles. The van der Waals surface area contributed by atoms with Crippen LogP contribution in [-0.4, -0.2) is 43.8 Å². The molecule has 7 nitrogen and oxygen atoms in total. The molecule has 0 unspecified atom stereocenters. The number of hydrogen-bond donors (Lipinski definition) is 1. The van der Waals surface area contributed by atoms with Gasteiger partial charge in [-0.3, -0.25) is 4.79 Å². The van der Waals surface area contributed by atoms with Crippen LogP contribution in [0.4, 0.5) is 11.8 Å². The van der Waals surface area contributed by atoms with Crippen molar-refractivity contribution in [1.29, 1.82) is 0 Å². The number of nitrogens with zero attached hydrogens (tertiary/aromatic N) is 5. The lowest BCUT2D eigenvalue weighted by atomic mass is 10.0. The number of aromatic nitrogens is 4. The highest BCUT2D eigenvalue weighted by atomic mass is 16.2. The molecular formula is C18H24N6O. The predicted molar refractivity (Wildman–Crippen MR) is 95.5 cm³/mol. The topological polar surface area (TPSA) is 83.9 Å². The summed E-state index contributed by atoms with van der Waals surface area (Å²) < 4.78 is 0. The SMILES string of the molecule is Cc1nc(Nc2ncccn2)cc([C@H]2CCN(C(=O)CC(C)C)C2)n1. The summed E-state index contributed by atoms with van der Waals surface area (Å²) in [6.45, 7) is 7.54. The van der Waals surface area contributed by atoms with Crippen molar-refractivity contribution in [2.75, 3.05) is 18.4 Å². The Morgan fingerprint density at radius 3 is 2.80 bits per heavy atom. The van der Waals surface area contributed by atoms with Crippen LogP contribution in [-0.2, 0) is 4.79 Å². The molecule has 1 amide bonds. The van der Waals surface area contributed by atoms with Crippen molar-refractivity contribution in [3.8, 4) is 0 Å². The largest absolute Gasteiger partial charge is 0.342 e. The fourth-order valence-electron chi connectivity index (χ4n) is 3.05. The molecule has 1 aliphatic heterocycles. The Labute approximate surface area is 147 Å². The highest BCUT2D eigenvalue weighted by Gasteiger charge is 2.28. The third kappa shape index (κ3) is 4.49. The fourth-order valence-corrected chi connectivity index (χ4v) is 3.05. The van der Waals surface area contributed by atoms with Gasteiger partial charge in [0.05, 0.1) is 5.69 Å². The number of anilines is 2. The maximum Gasteiger partial charge on any atom is 0.228 e. The van der Waals surface area contributed by atoms with Gasteiger partial charge in [0.25, 0.3) is 0 Å². The molecule has 7 heteroatoms. The first-order valence-electron chi connectivity index (χ1n) is 8.68. The lowest BCUT2D eigenvalue weighted by Crippen LogP contribution is -2.29. The predicted octanol–water partition coefficient (Wildman–Crippen LogP) is 2.68. The number of aryl methyl sites for hydroxylation is 1. The number of rotatable bonds is 5. The number of carbonyl (C=O) groups excluding carboxylic acids is 1. The van der Waals surface area contributed by atoms with E-state index in [0.29, 0.717) is 29.9 Å². The Bertz CT molecular complexity index is 734. The van der Waals surface area contributed by atoms with Crippen LogP contribution in [0.2, 0.25) is 0 Å². The Morgan fingerprint density at radius 2 is 2.08 bits per heavy atom. The van der Waals surface area contributed by atoms with E-state index in [9.17, 15) is 4.79 Å². The first kappa shape index (κ1) is 17.3. The molecule has 3 rings (SSSR count). The van der Waals surface area contributed by atoms with Gasteiger partial charge >= 0.3 is 0 Å². The maximum atomic E-state index is 12.3. The summed E-state index contributed by atoms with van der Waals surface area (Å²) in [4.78, 5) is 31.5. The fraction of sp³-hybridized carbons (Fsp3) is 0.500. The van der Waals surface area contributed by atoms with E-state index >= 15 is 0 Å². The van der Waals surface area contributed by atoms with Crippen LogP contribution in [0.1, 0.15) is 44.1 Å². The molecule has 25 heavy (non-hydrogen) atoms. The van der Waals surface area contributed by atoms with Gasteiger partial charge in [-0.2, -0.15) is 0 Å². The molecule has 3 heterocycles. The van der Waals surface area contributed by atoms with Crippen molar-refractivity contribution in [2.24, 2.45) is 5.92 Å². The van der Waals surface area contributed by atoms with E-state index in [4.69, 9.17) is 0 Å². The average molecular weight is 340 g/mol. The molecule has 2 aromatic rings. The van der Waals surface area contributed by atoms with Crippen molar-refractivity contribution in [3.05, 3.63) is 36.0 Å². The molecular weight excluding hydrogens is 316 g/mol. The lowest BCUT2D eigenvalue weighted by Gasteiger charge is -2.18. The number of amides is 1. The van der Waals surface area contributed by atoms with E-state index < -0.39 is 0 Å². The number of likely N-dealkylation sites (tertiary alicyclic amines) is 1. The molecule has 1 fully saturated rings. The number of nitrogens with one attached hydrogen (secondary N) is 1. The summed E-state index contributed by atoms with van der Waals surface area (Å²) in [5.74, 6) is 2.75. The minimum Gasteiger partial charge on any atom is -0.342 e. The third-order valence-electron chi connectivity index (χ3n) is 4.21. The summed E-state index contributed by atoms with van der Waals surface area (Å²) in [7, 11) is 0. The monoisotopic (exact) mass is 340 g/mol. The second-order valence-electron chi connectivity index (χ2n) is 6.85. The molecule has 0 aliphatic carbocycles. The molecule has 0 spiro atoms. The van der Waals surface area contributed by atoms with Gasteiger partial charge in [0.1, 0.15) is 11.6 Å². The Hall–Kier alpha value is -2.57. The minimum absolute atomic E-state index is 0.235. The van der Waals surface area contributed by atoms with Crippen LogP contribution in [0, 0.1) is 12.8 Å². The van der Waals surface area contributed by atoms with Crippen molar-refractivity contribution in [3.63, 3.8) is 0 Å². The molecule has 1 N–H and O–H groups in total. The Kier molecular flexibility index (Phi) is 5.21. The molecule has 2 aromatic heterocycles. The third-order valence-corrected chi connectivity index (χ3v) is 4.21. The van der Waals surface area contributed by atoms with Gasteiger partial charge in [-0.1, -0.05) is 13.8 Å². The van der Waals surface area contributed by atoms with Crippen LogP contribution < -0.4 is 5.32 Å². The number of hydrogen-bond acceptors (Lipinski definition) is 6. The van der Waals surface area contributed by atoms with Crippen LogP contribution in [0.5, 0.6) is 0 Å². The van der Waals surface area contributed by atoms with Gasteiger partial charge in [-0.25, -0.2) is 19.9 Å². The maximum absolute atomic E-state index is 12.3. The van der Waals surface area contributed by atoms with Gasteiger partial charge in [-0.05, 0) is 25.3 Å². The van der Waals surface area contributed by atoms with Gasteiger partial charge in [-0.15, -0.1) is 0 Å². The molecule has 0 aromatic carbocycles. The van der Waals surface area contributed by atoms with E-state index in [-0.39, 0.29) is 11.8 Å². The summed E-state index contributed by atoms with van der Waals surface area (Å²) >= 11 is 0. The van der Waals surface area contributed by atoms with Crippen LogP contribution in [0.15, 0.2) is 24.5 Å². The van der Waals surface area contributed by atoms with Gasteiger partial charge < -0.3 is 10.2 Å². The molecule has 0 saturated carbocycles. The zero-order chi connectivity index (χ0) is 17.8. The quantitative estimate of drug-likeness (QED) is 0.901. The molecule has 132 valence electrons. The second-order valence-corrected chi connectivity index (χ2v) is 6.85. The zero-order valence-electron chi connectivity index (χ0n) is 14.9. The molecule has 1 atom stereocenters. The van der Waals surface area contributed by atoms with E-state index in [0.717, 1.165) is 25.2 Å². The smallest absolute Gasteiger partial charge is 0.228 e. The number of carbonyl (C=O) groups is 1. The van der Waals surface area contributed by atoms with Crippen LogP contribution >= 0.6 is 0 Å². The van der Waals surface area contributed by atoms with E-state index in [2.05, 4.69) is 39.1 Å². The lowest BCUT2D eigenvalue weighted by molar-refractivity contribution is -0.130. The summed E-state index contributed by atoms with van der Waals surface area (Å²) in [5, 5.41) is 3.11. The highest BCUT2D eigenvalue weighted by molar-refractivity contribution is 5.76. The van der Waals surface area contributed by atoms with Crippen molar-refractivity contribution < 1.29 is 4.79 Å². The van der Waals surface area contributed by atoms with Crippen molar-refractivity contribution in [2.45, 2.75) is 39.5 Å². The Balaban J connectivity index is 1.71. The first-order chi connectivity index (χ1) is 12.0.